The van der Waals surface area contributed by atoms with Crippen LogP contribution in [0.25, 0.3) is 17.0 Å². The molecule has 0 unspecified atom stereocenters. The molecular formula is C13H12N2O4. The fraction of sp³-hybridized carbons (Fsp3) is 0.154. The summed E-state index contributed by atoms with van der Waals surface area (Å²) in [6, 6.07) is 5.14. The van der Waals surface area contributed by atoms with Crippen molar-refractivity contribution in [2.45, 2.75) is 6.92 Å². The van der Waals surface area contributed by atoms with Crippen molar-refractivity contribution in [2.75, 3.05) is 7.11 Å². The molecule has 0 saturated heterocycles. The van der Waals surface area contributed by atoms with E-state index >= 15 is 0 Å². The normalized spacial score (nSPS) is 11.6. The predicted octanol–water partition coefficient (Wildman–Crippen LogP) is 2.59. The lowest BCUT2D eigenvalue weighted by Crippen LogP contribution is -2.01. The van der Waals surface area contributed by atoms with E-state index in [4.69, 9.17) is 4.74 Å². The number of methoxy groups -OCH3 is 1. The number of hydrogen-bond acceptors (Lipinski definition) is 4. The molecule has 1 N–H and O–H groups in total. The highest BCUT2D eigenvalue weighted by molar-refractivity contribution is 6.05. The number of esters is 1. The molecule has 2 rings (SSSR count). The van der Waals surface area contributed by atoms with E-state index in [1.807, 2.05) is 0 Å². The maximum Gasteiger partial charge on any atom is 0.339 e. The Kier molecular flexibility index (Phi) is 3.33. The first-order valence-corrected chi connectivity index (χ1v) is 5.55. The SMILES string of the molecule is COC(=O)c1cccc2c(/C=C(\C)[N+](=O)[O-])c[nH]c12. The molecule has 0 aliphatic heterocycles. The van der Waals surface area contributed by atoms with Gasteiger partial charge in [0.25, 0.3) is 0 Å². The van der Waals surface area contributed by atoms with Gasteiger partial charge in [-0.1, -0.05) is 12.1 Å². The molecule has 1 aromatic heterocycles. The summed E-state index contributed by atoms with van der Waals surface area (Å²) in [6.45, 7) is 1.42. The summed E-state index contributed by atoms with van der Waals surface area (Å²) < 4.78 is 4.69. The third-order valence-electron chi connectivity index (χ3n) is 2.81. The molecule has 2 aromatic rings. The highest BCUT2D eigenvalue weighted by atomic mass is 16.6. The van der Waals surface area contributed by atoms with Crippen LogP contribution in [0.5, 0.6) is 0 Å². The monoisotopic (exact) mass is 260 g/mol. The van der Waals surface area contributed by atoms with E-state index < -0.39 is 10.9 Å². The third kappa shape index (κ3) is 2.33. The zero-order valence-electron chi connectivity index (χ0n) is 10.5. The van der Waals surface area contributed by atoms with E-state index in [9.17, 15) is 14.9 Å². The Balaban J connectivity index is 2.59. The molecule has 1 aromatic carbocycles. The number of aromatic amines is 1. The van der Waals surface area contributed by atoms with Gasteiger partial charge in [-0.15, -0.1) is 0 Å². The number of benzene rings is 1. The molecule has 0 radical (unpaired) electrons. The van der Waals surface area contributed by atoms with Gasteiger partial charge in [0.2, 0.25) is 5.70 Å². The lowest BCUT2D eigenvalue weighted by molar-refractivity contribution is -0.422. The van der Waals surface area contributed by atoms with Crippen molar-refractivity contribution < 1.29 is 14.5 Å². The second-order valence-electron chi connectivity index (χ2n) is 4.01. The molecule has 19 heavy (non-hydrogen) atoms. The topological polar surface area (TPSA) is 85.2 Å². The van der Waals surface area contributed by atoms with E-state index in [0.717, 1.165) is 5.39 Å². The number of aromatic nitrogens is 1. The maximum atomic E-state index is 11.6. The number of hydrogen-bond donors (Lipinski definition) is 1. The fourth-order valence-electron chi connectivity index (χ4n) is 1.85. The smallest absolute Gasteiger partial charge is 0.339 e. The molecule has 6 heteroatoms. The Morgan fingerprint density at radius 1 is 1.47 bits per heavy atom. The quantitative estimate of drug-likeness (QED) is 0.522. The molecule has 0 aliphatic rings. The van der Waals surface area contributed by atoms with Crippen LogP contribution < -0.4 is 0 Å². The third-order valence-corrected chi connectivity index (χ3v) is 2.81. The van der Waals surface area contributed by atoms with Gasteiger partial charge in [0, 0.05) is 30.1 Å². The average molecular weight is 260 g/mol. The molecule has 6 nitrogen and oxygen atoms in total. The first-order valence-electron chi connectivity index (χ1n) is 5.55. The van der Waals surface area contributed by atoms with Gasteiger partial charge in [-0.2, -0.15) is 0 Å². The Morgan fingerprint density at radius 2 is 2.21 bits per heavy atom. The van der Waals surface area contributed by atoms with Gasteiger partial charge >= 0.3 is 5.97 Å². The van der Waals surface area contributed by atoms with Crippen LogP contribution in [0.4, 0.5) is 0 Å². The summed E-state index contributed by atoms with van der Waals surface area (Å²) in [4.78, 5) is 24.7. The van der Waals surface area contributed by atoms with Crippen molar-refractivity contribution in [3.05, 3.63) is 51.3 Å². The number of fused-ring (bicyclic) bond motifs is 1. The van der Waals surface area contributed by atoms with Crippen LogP contribution in [0, 0.1) is 10.1 Å². The summed E-state index contributed by atoms with van der Waals surface area (Å²) in [5.74, 6) is -0.450. The minimum Gasteiger partial charge on any atom is -0.465 e. The Labute approximate surface area is 108 Å². The highest BCUT2D eigenvalue weighted by Crippen LogP contribution is 2.24. The Bertz CT molecular complexity index is 685. The molecule has 0 fully saturated rings. The van der Waals surface area contributed by atoms with E-state index in [0.29, 0.717) is 16.6 Å². The first kappa shape index (κ1) is 12.8. The van der Waals surface area contributed by atoms with Crippen LogP contribution in [0.1, 0.15) is 22.8 Å². The number of nitrogens with one attached hydrogen (secondary N) is 1. The molecule has 0 atom stereocenters. The minimum absolute atomic E-state index is 0.0318. The lowest BCUT2D eigenvalue weighted by atomic mass is 10.1. The summed E-state index contributed by atoms with van der Waals surface area (Å²) in [5.41, 5.74) is 1.70. The van der Waals surface area contributed by atoms with Crippen LogP contribution in [-0.2, 0) is 4.74 Å². The van der Waals surface area contributed by atoms with Crippen LogP contribution in [0.3, 0.4) is 0 Å². The van der Waals surface area contributed by atoms with E-state index in [-0.39, 0.29) is 5.70 Å². The number of carbonyl (C=O) groups excluding carboxylic acids is 1. The number of nitro groups is 1. The first-order chi connectivity index (χ1) is 9.04. The number of ether oxygens (including phenoxy) is 1. The van der Waals surface area contributed by atoms with Gasteiger partial charge < -0.3 is 9.72 Å². The van der Waals surface area contributed by atoms with Crippen LogP contribution in [-0.4, -0.2) is 23.0 Å². The van der Waals surface area contributed by atoms with Gasteiger partial charge in [-0.3, -0.25) is 10.1 Å². The average Bonchev–Trinajstić information content (AvgIpc) is 2.81. The number of nitrogens with zero attached hydrogens (tertiary/aromatic N) is 1. The molecule has 0 saturated carbocycles. The van der Waals surface area contributed by atoms with Crippen molar-refractivity contribution in [2.24, 2.45) is 0 Å². The number of rotatable bonds is 3. The number of allylic oxidation sites excluding steroid dienone is 1. The predicted molar refractivity (Wildman–Crippen MR) is 70.3 cm³/mol. The molecule has 0 bridgehead atoms. The van der Waals surface area contributed by atoms with E-state index in [1.54, 1.807) is 24.4 Å². The zero-order chi connectivity index (χ0) is 14.0. The van der Waals surface area contributed by atoms with Gasteiger partial charge in [-0.25, -0.2) is 4.79 Å². The highest BCUT2D eigenvalue weighted by Gasteiger charge is 2.13. The second kappa shape index (κ2) is 4.93. The van der Waals surface area contributed by atoms with Crippen LogP contribution in [0.2, 0.25) is 0 Å². The summed E-state index contributed by atoms with van der Waals surface area (Å²) in [7, 11) is 1.31. The molecule has 98 valence electrons. The molecule has 0 amide bonds. The van der Waals surface area contributed by atoms with Gasteiger partial charge in [0.05, 0.1) is 23.1 Å². The standard InChI is InChI=1S/C13H12N2O4/c1-8(15(17)18)6-9-7-14-12-10(9)4-3-5-11(12)13(16)19-2/h3-7,14H,1-2H3/b8-6+. The van der Waals surface area contributed by atoms with E-state index in [1.165, 1.54) is 20.1 Å². The van der Waals surface area contributed by atoms with Crippen molar-refractivity contribution in [3.63, 3.8) is 0 Å². The number of H-pyrrole nitrogens is 1. The zero-order valence-corrected chi connectivity index (χ0v) is 10.5. The van der Waals surface area contributed by atoms with Gasteiger partial charge in [0.15, 0.2) is 0 Å². The molecule has 0 spiro atoms. The van der Waals surface area contributed by atoms with E-state index in [2.05, 4.69) is 4.98 Å². The summed E-state index contributed by atoms with van der Waals surface area (Å²) in [6.07, 6.45) is 3.09. The molecular weight excluding hydrogens is 248 g/mol. The van der Waals surface area contributed by atoms with Crippen molar-refractivity contribution >= 4 is 22.9 Å². The van der Waals surface area contributed by atoms with Crippen LogP contribution in [0.15, 0.2) is 30.1 Å². The maximum absolute atomic E-state index is 11.6. The molecule has 1 heterocycles. The fourth-order valence-corrected chi connectivity index (χ4v) is 1.85. The molecule has 0 aliphatic carbocycles. The van der Waals surface area contributed by atoms with Crippen LogP contribution >= 0.6 is 0 Å². The van der Waals surface area contributed by atoms with Crippen molar-refractivity contribution in [1.82, 2.24) is 4.98 Å². The van der Waals surface area contributed by atoms with Gasteiger partial charge in [0.1, 0.15) is 0 Å². The second-order valence-corrected chi connectivity index (χ2v) is 4.01. The summed E-state index contributed by atoms with van der Waals surface area (Å²) in [5, 5.41) is 11.4. The largest absolute Gasteiger partial charge is 0.465 e. The Hall–Kier alpha value is -2.63. The van der Waals surface area contributed by atoms with Crippen molar-refractivity contribution in [1.29, 1.82) is 0 Å². The minimum atomic E-state index is -0.455. The lowest BCUT2D eigenvalue weighted by Gasteiger charge is -2.00. The Morgan fingerprint density at radius 3 is 2.84 bits per heavy atom. The summed E-state index contributed by atoms with van der Waals surface area (Å²) >= 11 is 0. The van der Waals surface area contributed by atoms with Crippen molar-refractivity contribution in [3.8, 4) is 0 Å². The number of para-hydroxylation sites is 1. The van der Waals surface area contributed by atoms with Gasteiger partial charge in [-0.05, 0) is 6.07 Å². The number of carbonyl (C=O) groups is 1.